The minimum absolute atomic E-state index is 0.0261. The predicted octanol–water partition coefficient (Wildman–Crippen LogP) is 3.62. The highest BCUT2D eigenvalue weighted by Crippen LogP contribution is 2.39. The Morgan fingerprint density at radius 1 is 1.20 bits per heavy atom. The fraction of sp³-hybridized carbons (Fsp3) is 0.333. The summed E-state index contributed by atoms with van der Waals surface area (Å²) in [5.74, 6) is 0.991. The summed E-state index contributed by atoms with van der Waals surface area (Å²) in [4.78, 5) is 18.9. The lowest BCUT2D eigenvalue weighted by Crippen LogP contribution is -2.09. The Morgan fingerprint density at radius 3 is 2.48 bits per heavy atom. The van der Waals surface area contributed by atoms with Crippen molar-refractivity contribution in [2.45, 2.75) is 13.3 Å². The van der Waals surface area contributed by atoms with Crippen LogP contribution in [0.3, 0.4) is 0 Å². The number of aromatic nitrogens is 2. The van der Waals surface area contributed by atoms with Gasteiger partial charge in [0.15, 0.2) is 0 Å². The van der Waals surface area contributed by atoms with E-state index in [-0.39, 0.29) is 17.3 Å². The smallest absolute Gasteiger partial charge is 0.353 e. The van der Waals surface area contributed by atoms with Gasteiger partial charge < -0.3 is 20.1 Å². The molecule has 0 radical (unpaired) electrons. The molecule has 134 valence electrons. The van der Waals surface area contributed by atoms with Crippen LogP contribution < -0.4 is 20.1 Å². The second kappa shape index (κ2) is 8.34. The van der Waals surface area contributed by atoms with Gasteiger partial charge in [0.1, 0.15) is 17.8 Å². The molecule has 0 atom stereocenters. The fourth-order valence-electron chi connectivity index (χ4n) is 2.10. The first-order valence-electron chi connectivity index (χ1n) is 7.43. The fourth-order valence-corrected chi connectivity index (χ4v) is 2.34. The zero-order valence-electron chi connectivity index (χ0n) is 14.0. The maximum absolute atomic E-state index is 11.5. The van der Waals surface area contributed by atoms with Gasteiger partial charge in [-0.1, -0.05) is 18.5 Å². The minimum atomic E-state index is -0.544. The number of nitrogens with zero attached hydrogens (tertiary/aromatic N) is 3. The van der Waals surface area contributed by atoms with E-state index in [2.05, 4.69) is 20.6 Å². The molecule has 0 aliphatic heterocycles. The molecule has 2 aromatic rings. The summed E-state index contributed by atoms with van der Waals surface area (Å²) < 4.78 is 10.4. The Bertz CT molecular complexity index is 772. The summed E-state index contributed by atoms with van der Waals surface area (Å²) in [5.41, 5.74) is 0.154. The van der Waals surface area contributed by atoms with Crippen molar-refractivity contribution in [1.82, 2.24) is 9.97 Å². The molecular weight excluding hydrogens is 350 g/mol. The maximum atomic E-state index is 11.5. The van der Waals surface area contributed by atoms with Crippen LogP contribution in [0.4, 0.5) is 23.0 Å². The van der Waals surface area contributed by atoms with Gasteiger partial charge in [0.25, 0.3) is 0 Å². The molecule has 0 saturated heterocycles. The second-order valence-electron chi connectivity index (χ2n) is 4.92. The molecule has 2 N–H and O–H groups in total. The van der Waals surface area contributed by atoms with Crippen molar-refractivity contribution in [2.75, 3.05) is 31.4 Å². The van der Waals surface area contributed by atoms with E-state index in [0.717, 1.165) is 6.42 Å². The number of anilines is 3. The molecule has 0 fully saturated rings. The lowest BCUT2D eigenvalue weighted by Gasteiger charge is -2.14. The largest absolute Gasteiger partial charge is 0.495 e. The maximum Gasteiger partial charge on any atom is 0.353 e. The zero-order valence-corrected chi connectivity index (χ0v) is 14.8. The van der Waals surface area contributed by atoms with Crippen molar-refractivity contribution in [3.05, 3.63) is 33.6 Å². The lowest BCUT2D eigenvalue weighted by molar-refractivity contribution is -0.383. The van der Waals surface area contributed by atoms with E-state index in [1.807, 2.05) is 6.92 Å². The molecular formula is C15H18ClN5O4. The highest BCUT2D eigenvalue weighted by Gasteiger charge is 2.24. The third kappa shape index (κ3) is 4.18. The molecule has 0 amide bonds. The van der Waals surface area contributed by atoms with Crippen molar-refractivity contribution in [2.24, 2.45) is 0 Å². The van der Waals surface area contributed by atoms with E-state index in [0.29, 0.717) is 28.8 Å². The molecule has 1 aromatic carbocycles. The number of rotatable bonds is 8. The Balaban J connectivity index is 2.46. The molecule has 1 aromatic heterocycles. The second-order valence-corrected chi connectivity index (χ2v) is 5.32. The molecule has 25 heavy (non-hydrogen) atoms. The summed E-state index contributed by atoms with van der Waals surface area (Å²) in [6.07, 6.45) is 2.04. The average molecular weight is 368 g/mol. The average Bonchev–Trinajstić information content (AvgIpc) is 2.60. The number of halogens is 1. The monoisotopic (exact) mass is 367 g/mol. The number of benzene rings is 1. The van der Waals surface area contributed by atoms with E-state index in [9.17, 15) is 10.1 Å². The molecule has 9 nitrogen and oxygen atoms in total. The molecule has 0 unspecified atom stereocenters. The zero-order chi connectivity index (χ0) is 18.4. The molecule has 2 rings (SSSR count). The number of ether oxygens (including phenoxy) is 2. The summed E-state index contributed by atoms with van der Waals surface area (Å²) in [6.45, 7) is 2.50. The van der Waals surface area contributed by atoms with Gasteiger partial charge in [-0.05, 0) is 12.5 Å². The third-order valence-corrected chi connectivity index (χ3v) is 3.57. The standard InChI is InChI=1S/C15H18ClN5O4/c1-4-5-17-14-13(21(22)23)15(19-8-18-14)20-10-6-9(16)11(24-2)7-12(10)25-3/h6-8H,4-5H2,1-3H3,(H2,17,18,19,20). The van der Waals surface area contributed by atoms with Crippen LogP contribution in [0.25, 0.3) is 0 Å². The molecule has 0 aliphatic carbocycles. The van der Waals surface area contributed by atoms with Gasteiger partial charge >= 0.3 is 5.69 Å². The minimum Gasteiger partial charge on any atom is -0.495 e. The first-order chi connectivity index (χ1) is 12.0. The summed E-state index contributed by atoms with van der Waals surface area (Å²) >= 11 is 6.13. The van der Waals surface area contributed by atoms with E-state index in [1.54, 1.807) is 12.1 Å². The van der Waals surface area contributed by atoms with Crippen LogP contribution in [0, 0.1) is 10.1 Å². The normalized spacial score (nSPS) is 10.2. The molecule has 0 aliphatic rings. The van der Waals surface area contributed by atoms with Gasteiger partial charge in [-0.15, -0.1) is 0 Å². The highest BCUT2D eigenvalue weighted by molar-refractivity contribution is 6.32. The Morgan fingerprint density at radius 2 is 1.88 bits per heavy atom. The van der Waals surface area contributed by atoms with Crippen LogP contribution in [0.15, 0.2) is 18.5 Å². The number of nitro groups is 1. The predicted molar refractivity (Wildman–Crippen MR) is 95.3 cm³/mol. The van der Waals surface area contributed by atoms with Crippen molar-refractivity contribution < 1.29 is 14.4 Å². The van der Waals surface area contributed by atoms with Crippen LogP contribution in [0.2, 0.25) is 5.02 Å². The van der Waals surface area contributed by atoms with Gasteiger partial charge in [-0.25, -0.2) is 9.97 Å². The van der Waals surface area contributed by atoms with Crippen molar-refractivity contribution in [3.8, 4) is 11.5 Å². The molecule has 0 spiro atoms. The summed E-state index contributed by atoms with van der Waals surface area (Å²) in [6, 6.07) is 3.12. The van der Waals surface area contributed by atoms with E-state index in [1.165, 1.54) is 20.5 Å². The molecule has 0 saturated carbocycles. The lowest BCUT2D eigenvalue weighted by atomic mass is 10.2. The SMILES string of the molecule is CCCNc1ncnc(Nc2cc(Cl)c(OC)cc2OC)c1[N+](=O)[O-]. The highest BCUT2D eigenvalue weighted by atomic mass is 35.5. The van der Waals surface area contributed by atoms with Crippen LogP contribution in [-0.4, -0.2) is 35.7 Å². The Kier molecular flexibility index (Phi) is 6.18. The van der Waals surface area contributed by atoms with Crippen molar-refractivity contribution >= 4 is 34.6 Å². The van der Waals surface area contributed by atoms with Crippen LogP contribution in [0.1, 0.15) is 13.3 Å². The van der Waals surface area contributed by atoms with E-state index < -0.39 is 4.92 Å². The van der Waals surface area contributed by atoms with Gasteiger partial charge in [0.2, 0.25) is 11.6 Å². The van der Waals surface area contributed by atoms with E-state index >= 15 is 0 Å². The topological polar surface area (TPSA) is 111 Å². The van der Waals surface area contributed by atoms with Gasteiger partial charge in [0, 0.05) is 12.6 Å². The summed E-state index contributed by atoms with van der Waals surface area (Å²) in [5, 5.41) is 17.6. The van der Waals surface area contributed by atoms with Gasteiger partial charge in [-0.2, -0.15) is 0 Å². The van der Waals surface area contributed by atoms with Gasteiger partial charge in [0.05, 0.1) is 29.9 Å². The Hall–Kier alpha value is -2.81. The van der Waals surface area contributed by atoms with Crippen LogP contribution >= 0.6 is 11.6 Å². The first-order valence-corrected chi connectivity index (χ1v) is 7.81. The van der Waals surface area contributed by atoms with E-state index in [4.69, 9.17) is 21.1 Å². The first kappa shape index (κ1) is 18.5. The van der Waals surface area contributed by atoms with Crippen molar-refractivity contribution in [1.29, 1.82) is 0 Å². The van der Waals surface area contributed by atoms with Crippen LogP contribution in [-0.2, 0) is 0 Å². The number of nitrogens with one attached hydrogen (secondary N) is 2. The number of hydrogen-bond donors (Lipinski definition) is 2. The third-order valence-electron chi connectivity index (χ3n) is 3.27. The Labute approximate surface area is 149 Å². The number of hydrogen-bond acceptors (Lipinski definition) is 8. The molecule has 0 bridgehead atoms. The van der Waals surface area contributed by atoms with Crippen molar-refractivity contribution in [3.63, 3.8) is 0 Å². The number of methoxy groups -OCH3 is 2. The van der Waals surface area contributed by atoms with Gasteiger partial charge in [-0.3, -0.25) is 10.1 Å². The van der Waals surface area contributed by atoms with Crippen LogP contribution in [0.5, 0.6) is 11.5 Å². The molecule has 10 heteroatoms. The molecule has 1 heterocycles. The summed E-state index contributed by atoms with van der Waals surface area (Å²) in [7, 11) is 2.95. The quantitative estimate of drug-likeness (QED) is 0.537.